The number of rotatable bonds is 2. The standard InChI is InChI=1S/C11H10ClN3O2S2/c1-5(16)8-9(17)14(2)11-15(8)6(4-18-11)7-3-13-10(12)19-7/h3,6H,4H2,1-2H3. The van der Waals surface area contributed by atoms with Gasteiger partial charge in [0, 0.05) is 13.1 Å². The summed E-state index contributed by atoms with van der Waals surface area (Å²) in [7, 11) is 1.69. The first-order valence-electron chi connectivity index (χ1n) is 5.57. The van der Waals surface area contributed by atoms with Crippen LogP contribution >= 0.6 is 34.7 Å². The molecule has 0 aromatic carbocycles. The Bertz CT molecular complexity index is 680. The third-order valence-corrected chi connectivity index (χ3v) is 5.51. The van der Waals surface area contributed by atoms with Crippen LogP contribution in [0.4, 0.5) is 0 Å². The van der Waals surface area contributed by atoms with E-state index in [1.807, 2.05) is 4.57 Å². The van der Waals surface area contributed by atoms with Crippen molar-refractivity contribution in [2.75, 3.05) is 5.75 Å². The summed E-state index contributed by atoms with van der Waals surface area (Å²) in [4.78, 5) is 16.7. The van der Waals surface area contributed by atoms with Gasteiger partial charge >= 0.3 is 5.16 Å². The molecule has 1 atom stereocenters. The van der Waals surface area contributed by atoms with Gasteiger partial charge in [-0.1, -0.05) is 11.6 Å². The van der Waals surface area contributed by atoms with Gasteiger partial charge in [0.2, 0.25) is 11.5 Å². The predicted octanol–water partition coefficient (Wildman–Crippen LogP) is 1.39. The first-order valence-corrected chi connectivity index (χ1v) is 7.75. The van der Waals surface area contributed by atoms with E-state index in [0.717, 1.165) is 15.8 Å². The molecule has 0 saturated heterocycles. The van der Waals surface area contributed by atoms with Gasteiger partial charge in [0.15, 0.2) is 4.47 Å². The zero-order valence-electron chi connectivity index (χ0n) is 10.2. The second kappa shape index (κ2) is 4.50. The van der Waals surface area contributed by atoms with E-state index in [-0.39, 0.29) is 23.4 Å². The molecule has 0 fully saturated rings. The lowest BCUT2D eigenvalue weighted by molar-refractivity contribution is -0.745. The molecule has 3 rings (SSSR count). The van der Waals surface area contributed by atoms with Gasteiger partial charge in [-0.25, -0.2) is 14.1 Å². The van der Waals surface area contributed by atoms with Crippen molar-refractivity contribution in [1.82, 2.24) is 9.55 Å². The molecule has 0 amide bonds. The average molecular weight is 316 g/mol. The normalized spacial score (nSPS) is 17.7. The Morgan fingerprint density at radius 2 is 2.42 bits per heavy atom. The van der Waals surface area contributed by atoms with Gasteiger partial charge < -0.3 is 5.11 Å². The summed E-state index contributed by atoms with van der Waals surface area (Å²) < 4.78 is 3.82. The van der Waals surface area contributed by atoms with Crippen LogP contribution in [0, 0.1) is 0 Å². The highest BCUT2D eigenvalue weighted by Crippen LogP contribution is 2.41. The van der Waals surface area contributed by atoms with Gasteiger partial charge in [-0.15, -0.1) is 11.3 Å². The van der Waals surface area contributed by atoms with Gasteiger partial charge in [-0.05, 0) is 11.8 Å². The van der Waals surface area contributed by atoms with Crippen LogP contribution in [0.2, 0.25) is 4.47 Å². The number of carbonyl (C=O) groups is 1. The molecule has 0 N–H and O–H groups in total. The van der Waals surface area contributed by atoms with Gasteiger partial charge in [0.05, 0.1) is 17.7 Å². The molecule has 2 aromatic heterocycles. The van der Waals surface area contributed by atoms with Crippen molar-refractivity contribution in [2.24, 2.45) is 7.05 Å². The van der Waals surface area contributed by atoms with Gasteiger partial charge in [-0.3, -0.25) is 4.79 Å². The van der Waals surface area contributed by atoms with Gasteiger partial charge in [0.25, 0.3) is 0 Å². The van der Waals surface area contributed by atoms with Crippen LogP contribution in [0.5, 0.6) is 5.88 Å². The van der Waals surface area contributed by atoms with E-state index < -0.39 is 0 Å². The predicted molar refractivity (Wildman–Crippen MR) is 71.0 cm³/mol. The lowest BCUT2D eigenvalue weighted by Crippen LogP contribution is -2.32. The topological polar surface area (TPSA) is 61.8 Å². The van der Waals surface area contributed by atoms with E-state index in [0.29, 0.717) is 4.47 Å². The van der Waals surface area contributed by atoms with Crippen molar-refractivity contribution in [2.45, 2.75) is 18.1 Å². The second-order valence-corrected chi connectivity index (χ2v) is 6.90. The number of hydrogen-bond donors (Lipinski definition) is 0. The molecule has 1 aliphatic rings. The van der Waals surface area contributed by atoms with Crippen molar-refractivity contribution < 1.29 is 14.5 Å². The molecule has 1 unspecified atom stereocenters. The molecule has 5 nitrogen and oxygen atoms in total. The number of fused-ring (bicyclic) bond motifs is 1. The zero-order valence-corrected chi connectivity index (χ0v) is 12.6. The fourth-order valence-electron chi connectivity index (χ4n) is 2.24. The Balaban J connectivity index is 2.18. The number of aromatic nitrogens is 3. The molecule has 100 valence electrons. The number of imidazole rings is 1. The molecule has 2 aromatic rings. The molecular formula is C11H10ClN3O2S2. The summed E-state index contributed by atoms with van der Waals surface area (Å²) in [5, 5.41) is 12.9. The molecule has 3 heterocycles. The van der Waals surface area contributed by atoms with Crippen LogP contribution in [0.15, 0.2) is 11.4 Å². The number of Topliss-reactive ketones (excluding diaryl/α,β-unsaturated/α-hetero) is 1. The quantitative estimate of drug-likeness (QED) is 0.621. The number of nitrogens with zero attached hydrogens (tertiary/aromatic N) is 3. The smallest absolute Gasteiger partial charge is 0.318 e. The van der Waals surface area contributed by atoms with E-state index in [4.69, 9.17) is 11.6 Å². The maximum atomic E-state index is 12.1. The molecule has 0 saturated carbocycles. The highest BCUT2D eigenvalue weighted by molar-refractivity contribution is 7.99. The van der Waals surface area contributed by atoms with E-state index in [9.17, 15) is 9.90 Å². The Morgan fingerprint density at radius 3 is 3.00 bits per heavy atom. The first-order chi connectivity index (χ1) is 9.00. The molecule has 0 aliphatic carbocycles. The van der Waals surface area contributed by atoms with Crippen LogP contribution < -0.4 is 9.67 Å². The average Bonchev–Trinajstić information content (AvgIpc) is 2.99. The highest BCUT2D eigenvalue weighted by atomic mass is 35.5. The summed E-state index contributed by atoms with van der Waals surface area (Å²) in [5.41, 5.74) is 0.233. The number of hydrogen-bond acceptors (Lipinski definition) is 5. The van der Waals surface area contributed by atoms with E-state index >= 15 is 0 Å². The van der Waals surface area contributed by atoms with E-state index in [1.165, 1.54) is 22.8 Å². The Kier molecular flexibility index (Phi) is 3.07. The van der Waals surface area contributed by atoms with Gasteiger partial charge in [0.1, 0.15) is 11.9 Å². The van der Waals surface area contributed by atoms with Crippen molar-refractivity contribution in [3.8, 4) is 5.88 Å². The lowest BCUT2D eigenvalue weighted by atomic mass is 10.2. The Hall–Kier alpha value is -1.05. The summed E-state index contributed by atoms with van der Waals surface area (Å²) in [5.74, 6) is 0.327. The maximum absolute atomic E-state index is 12.1. The summed E-state index contributed by atoms with van der Waals surface area (Å²) >= 11 is 8.81. The third kappa shape index (κ3) is 1.87. The monoisotopic (exact) mass is 315 g/mol. The van der Waals surface area contributed by atoms with Crippen molar-refractivity contribution >= 4 is 40.5 Å². The number of carbonyl (C=O) groups excluding carboxylic acids is 1. The van der Waals surface area contributed by atoms with Crippen LogP contribution in [-0.2, 0) is 7.05 Å². The Labute approximate surface area is 122 Å². The number of thiazole rings is 1. The number of halogens is 1. The minimum atomic E-state index is -0.240. The van der Waals surface area contributed by atoms with Gasteiger partial charge in [-0.2, -0.15) is 0 Å². The number of ketones is 1. The fourth-order valence-corrected chi connectivity index (χ4v) is 4.66. The Morgan fingerprint density at radius 1 is 1.68 bits per heavy atom. The SMILES string of the molecule is CC(=O)c1c([O-])[n+](C)c2n1C(c1cnc(Cl)s1)CS2. The van der Waals surface area contributed by atoms with Crippen molar-refractivity contribution in [3.05, 3.63) is 21.2 Å². The molecule has 8 heteroatoms. The summed E-state index contributed by atoms with van der Waals surface area (Å²) in [6.45, 7) is 1.42. The molecule has 19 heavy (non-hydrogen) atoms. The minimum absolute atomic E-state index is 0.0437. The van der Waals surface area contributed by atoms with Crippen molar-refractivity contribution in [1.29, 1.82) is 0 Å². The minimum Gasteiger partial charge on any atom is -0.839 e. The van der Waals surface area contributed by atoms with Crippen molar-refractivity contribution in [3.63, 3.8) is 0 Å². The third-order valence-electron chi connectivity index (χ3n) is 3.08. The van der Waals surface area contributed by atoms with Crippen LogP contribution in [0.25, 0.3) is 0 Å². The van der Waals surface area contributed by atoms with Crippen LogP contribution in [0.3, 0.4) is 0 Å². The summed E-state index contributed by atoms with van der Waals surface area (Å²) in [6, 6.07) is -0.0437. The summed E-state index contributed by atoms with van der Waals surface area (Å²) in [6.07, 6.45) is 1.71. The largest absolute Gasteiger partial charge is 0.839 e. The van der Waals surface area contributed by atoms with E-state index in [1.54, 1.807) is 25.0 Å². The van der Waals surface area contributed by atoms with Crippen LogP contribution in [-0.4, -0.2) is 21.1 Å². The first kappa shape index (κ1) is 13.0. The highest BCUT2D eigenvalue weighted by Gasteiger charge is 2.40. The second-order valence-electron chi connectivity index (χ2n) is 4.26. The maximum Gasteiger partial charge on any atom is 0.318 e. The van der Waals surface area contributed by atoms with Crippen LogP contribution in [0.1, 0.15) is 28.3 Å². The molecule has 0 bridgehead atoms. The molecule has 0 radical (unpaired) electrons. The molecule has 0 spiro atoms. The molecule has 1 aliphatic heterocycles. The fraction of sp³-hybridized carbons (Fsp3) is 0.364. The van der Waals surface area contributed by atoms with E-state index in [2.05, 4.69) is 4.98 Å². The zero-order chi connectivity index (χ0) is 13.7. The lowest BCUT2D eigenvalue weighted by Gasteiger charge is -2.08. The molecular weight excluding hydrogens is 306 g/mol. The number of thioether (sulfide) groups is 1.